The van der Waals surface area contributed by atoms with Crippen LogP contribution in [0.1, 0.15) is 22.3 Å². The van der Waals surface area contributed by atoms with Crippen molar-refractivity contribution >= 4 is 24.3 Å². The van der Waals surface area contributed by atoms with Gasteiger partial charge in [-0.3, -0.25) is 0 Å². The number of benzene rings is 2. The van der Waals surface area contributed by atoms with Crippen LogP contribution in [0.4, 0.5) is 0 Å². The zero-order valence-corrected chi connectivity index (χ0v) is 20.5. The van der Waals surface area contributed by atoms with Gasteiger partial charge in [-0.1, -0.05) is 85.0 Å². The van der Waals surface area contributed by atoms with Crippen molar-refractivity contribution in [3.05, 3.63) is 132 Å². The van der Waals surface area contributed by atoms with Crippen molar-refractivity contribution in [3.63, 3.8) is 0 Å². The second-order valence-electron chi connectivity index (χ2n) is 7.93. The summed E-state index contributed by atoms with van der Waals surface area (Å²) in [5, 5.41) is 0. The van der Waals surface area contributed by atoms with E-state index in [9.17, 15) is 0 Å². The first kappa shape index (κ1) is 24.4. The van der Waals surface area contributed by atoms with Crippen LogP contribution in [-0.4, -0.2) is 19.2 Å². The molecular weight excluding hydrogens is 444 g/mol. The number of rotatable bonds is 9. The van der Waals surface area contributed by atoms with Crippen LogP contribution < -0.4 is 14.5 Å². The van der Waals surface area contributed by atoms with E-state index in [4.69, 9.17) is 9.47 Å². The van der Waals surface area contributed by atoms with Crippen LogP contribution in [0.25, 0.3) is 35.7 Å². The van der Waals surface area contributed by atoms with E-state index in [1.165, 1.54) is 0 Å². The van der Waals surface area contributed by atoms with Crippen molar-refractivity contribution in [3.8, 4) is 22.9 Å². The van der Waals surface area contributed by atoms with E-state index in [0.717, 1.165) is 45.1 Å². The molecule has 0 bridgehead atoms. The number of ether oxygens (including phenoxy) is 2. The number of allylic oxidation sites excluding steroid dienone is 4. The highest BCUT2D eigenvalue weighted by atomic mass is 16.5. The van der Waals surface area contributed by atoms with E-state index < -0.39 is 0 Å². The Morgan fingerprint density at radius 3 is 1.81 bits per heavy atom. The fourth-order valence-electron chi connectivity index (χ4n) is 3.69. The molecule has 4 aromatic rings. The highest BCUT2D eigenvalue weighted by molar-refractivity contribution is 5.65. The first-order valence-electron chi connectivity index (χ1n) is 11.7. The molecular formula is C32H29N2O2+. The average molecular weight is 474 g/mol. The fraction of sp³-hybridized carbons (Fsp3) is 0.0625. The number of hydrogen-bond acceptors (Lipinski definition) is 3. The summed E-state index contributed by atoms with van der Waals surface area (Å²) >= 11 is 0. The molecule has 0 radical (unpaired) electrons. The summed E-state index contributed by atoms with van der Waals surface area (Å²) in [5.41, 5.74) is 6.06. The van der Waals surface area contributed by atoms with E-state index in [1.54, 1.807) is 14.2 Å². The number of aromatic amines is 1. The van der Waals surface area contributed by atoms with Crippen LogP contribution in [0, 0.1) is 0 Å². The zero-order chi connectivity index (χ0) is 25.0. The predicted molar refractivity (Wildman–Crippen MR) is 148 cm³/mol. The van der Waals surface area contributed by atoms with E-state index in [1.807, 2.05) is 110 Å². The maximum atomic E-state index is 5.40. The Labute approximate surface area is 212 Å². The van der Waals surface area contributed by atoms with Gasteiger partial charge in [-0.2, -0.15) is 0 Å². The number of pyridine rings is 2. The summed E-state index contributed by atoms with van der Waals surface area (Å²) in [6, 6.07) is 24.1. The maximum Gasteiger partial charge on any atom is 0.230 e. The molecule has 2 aromatic heterocycles. The molecule has 4 nitrogen and oxygen atoms in total. The lowest BCUT2D eigenvalue weighted by Gasteiger charge is -2.02. The Morgan fingerprint density at radius 2 is 1.19 bits per heavy atom. The smallest absolute Gasteiger partial charge is 0.230 e. The van der Waals surface area contributed by atoms with Crippen LogP contribution in [0.2, 0.25) is 0 Å². The van der Waals surface area contributed by atoms with Gasteiger partial charge in [0.05, 0.1) is 14.2 Å². The van der Waals surface area contributed by atoms with Crippen molar-refractivity contribution in [1.29, 1.82) is 0 Å². The van der Waals surface area contributed by atoms with Crippen LogP contribution >= 0.6 is 0 Å². The number of nitrogens with zero attached hydrogens (tertiary/aromatic N) is 1. The molecule has 4 rings (SSSR count). The van der Waals surface area contributed by atoms with Gasteiger partial charge < -0.3 is 9.47 Å². The monoisotopic (exact) mass is 473 g/mol. The van der Waals surface area contributed by atoms with Crippen LogP contribution in [-0.2, 0) is 0 Å². The third-order valence-electron chi connectivity index (χ3n) is 5.51. The predicted octanol–water partition coefficient (Wildman–Crippen LogP) is 7.03. The van der Waals surface area contributed by atoms with Crippen LogP contribution in [0.15, 0.2) is 109 Å². The highest BCUT2D eigenvalue weighted by Gasteiger charge is 2.07. The first-order valence-corrected chi connectivity index (χ1v) is 11.7. The Balaban J connectivity index is 1.44. The lowest BCUT2D eigenvalue weighted by atomic mass is 10.1. The summed E-state index contributed by atoms with van der Waals surface area (Å²) < 4.78 is 10.8. The standard InChI is InChI=1S/C32H28N2O2/c1-35-31-17-9-7-15-27(31)13-5-3-11-25-19-21-33-29(23-25)30-24-26(20-22-34-30)12-4-6-14-28-16-8-10-18-32(28)36-2/h3-24H,1-2H3/p+1/b11-3+,12-4+,13-5-,14-6-. The second-order valence-corrected chi connectivity index (χ2v) is 7.93. The van der Waals surface area contributed by atoms with Crippen molar-refractivity contribution in [2.75, 3.05) is 14.2 Å². The van der Waals surface area contributed by atoms with Gasteiger partial charge in [-0.15, -0.1) is 0 Å². The van der Waals surface area contributed by atoms with Gasteiger partial charge in [0, 0.05) is 29.5 Å². The van der Waals surface area contributed by atoms with E-state index in [0.29, 0.717) is 0 Å². The first-order chi connectivity index (χ1) is 17.8. The molecule has 0 aliphatic rings. The second kappa shape index (κ2) is 12.7. The third-order valence-corrected chi connectivity index (χ3v) is 5.51. The minimum atomic E-state index is 0.855. The number of H-pyrrole nitrogens is 1. The molecule has 36 heavy (non-hydrogen) atoms. The van der Waals surface area contributed by atoms with Crippen molar-refractivity contribution in [1.82, 2.24) is 4.98 Å². The summed E-state index contributed by atoms with van der Waals surface area (Å²) in [7, 11) is 3.36. The van der Waals surface area contributed by atoms with Crippen molar-refractivity contribution < 1.29 is 14.5 Å². The largest absolute Gasteiger partial charge is 0.496 e. The minimum Gasteiger partial charge on any atom is -0.496 e. The van der Waals surface area contributed by atoms with Crippen molar-refractivity contribution in [2.24, 2.45) is 0 Å². The van der Waals surface area contributed by atoms with Gasteiger partial charge in [-0.05, 0) is 35.4 Å². The third kappa shape index (κ3) is 6.67. The molecule has 1 N–H and O–H groups in total. The van der Waals surface area contributed by atoms with Gasteiger partial charge in [0.25, 0.3) is 0 Å². The molecule has 0 aliphatic carbocycles. The SMILES string of the molecule is COc1ccccc1/C=C\C=C\c1ccnc(-c2cc(/C=C/C=C\c3ccccc3OC)cc[nH+]2)c1. The lowest BCUT2D eigenvalue weighted by molar-refractivity contribution is -0.364. The van der Waals surface area contributed by atoms with E-state index >= 15 is 0 Å². The molecule has 178 valence electrons. The molecule has 2 heterocycles. The Kier molecular flexibility index (Phi) is 8.60. The average Bonchev–Trinajstić information content (AvgIpc) is 2.94. The van der Waals surface area contributed by atoms with Gasteiger partial charge in [0.1, 0.15) is 17.2 Å². The number of para-hydroxylation sites is 2. The molecule has 4 heteroatoms. The molecule has 0 saturated carbocycles. The lowest BCUT2D eigenvalue weighted by Crippen LogP contribution is -2.06. The zero-order valence-electron chi connectivity index (χ0n) is 20.5. The molecule has 0 saturated heterocycles. The molecule has 0 atom stereocenters. The van der Waals surface area contributed by atoms with Gasteiger partial charge in [-0.25, -0.2) is 9.97 Å². The quantitative estimate of drug-likeness (QED) is 0.245. The van der Waals surface area contributed by atoms with Crippen molar-refractivity contribution in [2.45, 2.75) is 0 Å². The van der Waals surface area contributed by atoms with E-state index in [2.05, 4.69) is 34.3 Å². The highest BCUT2D eigenvalue weighted by Crippen LogP contribution is 2.20. The Morgan fingerprint density at radius 1 is 0.639 bits per heavy atom. The molecule has 2 aromatic carbocycles. The normalized spacial score (nSPS) is 11.7. The van der Waals surface area contributed by atoms with Crippen LogP contribution in [0.5, 0.6) is 11.5 Å². The Hall–Kier alpha value is -4.70. The molecule has 0 aliphatic heterocycles. The maximum absolute atomic E-state index is 5.40. The molecule has 0 amide bonds. The van der Waals surface area contributed by atoms with Gasteiger partial charge in [0.2, 0.25) is 5.69 Å². The summed E-state index contributed by atoms with van der Waals surface area (Å²) in [6.07, 6.45) is 20.0. The summed E-state index contributed by atoms with van der Waals surface area (Å²) in [6.45, 7) is 0. The van der Waals surface area contributed by atoms with Gasteiger partial charge in [0.15, 0.2) is 6.20 Å². The van der Waals surface area contributed by atoms with Gasteiger partial charge >= 0.3 is 0 Å². The molecule has 0 fully saturated rings. The number of nitrogens with one attached hydrogen (secondary N) is 1. The van der Waals surface area contributed by atoms with E-state index in [-0.39, 0.29) is 0 Å². The summed E-state index contributed by atoms with van der Waals surface area (Å²) in [4.78, 5) is 7.85. The number of aromatic nitrogens is 2. The summed E-state index contributed by atoms with van der Waals surface area (Å²) in [5.74, 6) is 1.71. The Bertz CT molecular complexity index is 1310. The fourth-order valence-corrected chi connectivity index (χ4v) is 3.69. The molecule has 0 unspecified atom stereocenters. The topological polar surface area (TPSA) is 45.5 Å². The number of methoxy groups -OCH3 is 2. The van der Waals surface area contributed by atoms with Crippen LogP contribution in [0.3, 0.4) is 0 Å². The molecule has 0 spiro atoms. The minimum absolute atomic E-state index is 0.855. The number of hydrogen-bond donors (Lipinski definition) is 0.